The summed E-state index contributed by atoms with van der Waals surface area (Å²) in [5.74, 6) is 0.345. The summed E-state index contributed by atoms with van der Waals surface area (Å²) in [5, 5.41) is 3.64. The Labute approximate surface area is 106 Å². The van der Waals surface area contributed by atoms with Crippen LogP contribution in [0.25, 0.3) is 6.08 Å². The molecule has 0 saturated carbocycles. The molecule has 0 aliphatic carbocycles. The minimum absolute atomic E-state index is 0.419. The quantitative estimate of drug-likeness (QED) is 0.605. The van der Waals surface area contributed by atoms with Gasteiger partial charge in [-0.3, -0.25) is 0 Å². The zero-order valence-electron chi connectivity index (χ0n) is 10.5. The topological polar surface area (TPSA) is 47.9 Å². The predicted molar refractivity (Wildman–Crippen MR) is 69.4 cm³/mol. The summed E-state index contributed by atoms with van der Waals surface area (Å²) in [6.07, 6.45) is 2.69. The summed E-state index contributed by atoms with van der Waals surface area (Å²) in [5.41, 5.74) is 1.92. The summed E-state index contributed by atoms with van der Waals surface area (Å²) >= 11 is 0. The molecule has 2 rings (SSSR count). The van der Waals surface area contributed by atoms with Crippen molar-refractivity contribution < 1.29 is 14.4 Å². The van der Waals surface area contributed by atoms with E-state index in [1.807, 2.05) is 31.2 Å². The van der Waals surface area contributed by atoms with Gasteiger partial charge in [0.15, 0.2) is 0 Å². The molecule has 1 aliphatic heterocycles. The molecule has 1 heterocycles. The van der Waals surface area contributed by atoms with Crippen LogP contribution in [0.2, 0.25) is 0 Å². The number of hydrogen-bond donors (Lipinski definition) is 0. The molecule has 0 bridgehead atoms. The Morgan fingerprint density at radius 1 is 1.39 bits per heavy atom. The van der Waals surface area contributed by atoms with Gasteiger partial charge in [0.2, 0.25) is 0 Å². The molecule has 0 amide bonds. The van der Waals surface area contributed by atoms with Crippen LogP contribution in [-0.2, 0) is 9.63 Å². The number of para-hydroxylation sites is 1. The van der Waals surface area contributed by atoms with E-state index in [-0.39, 0.29) is 0 Å². The minimum Gasteiger partial charge on any atom is -0.493 e. The number of oxime groups is 1. The number of carbonyl (C=O) groups is 1. The average Bonchev–Trinajstić information content (AvgIpc) is 2.69. The lowest BCUT2D eigenvalue weighted by atomic mass is 10.1. The van der Waals surface area contributed by atoms with Gasteiger partial charge in [0.25, 0.3) is 0 Å². The standard InChI is InChI=1S/C14H15NO3/c1-3-8-17-13-7-5-4-6-11(13)9-12-10(2)15-18-14(12)16/h4-7,9H,3,8H2,1-2H3. The van der Waals surface area contributed by atoms with Crippen LogP contribution in [0.3, 0.4) is 0 Å². The fourth-order valence-electron chi connectivity index (χ4n) is 1.62. The second-order valence-corrected chi connectivity index (χ2v) is 4.00. The van der Waals surface area contributed by atoms with E-state index >= 15 is 0 Å². The predicted octanol–water partition coefficient (Wildman–Crippen LogP) is 2.79. The second kappa shape index (κ2) is 5.49. The Kier molecular flexibility index (Phi) is 3.77. The lowest BCUT2D eigenvalue weighted by molar-refractivity contribution is -0.136. The van der Waals surface area contributed by atoms with Gasteiger partial charge >= 0.3 is 5.97 Å². The highest BCUT2D eigenvalue weighted by Crippen LogP contribution is 2.23. The number of nitrogens with zero attached hydrogens (tertiary/aromatic N) is 1. The first-order chi connectivity index (χ1) is 8.72. The van der Waals surface area contributed by atoms with Gasteiger partial charge in [0.1, 0.15) is 5.75 Å². The van der Waals surface area contributed by atoms with Gasteiger partial charge in [-0.1, -0.05) is 30.3 Å². The first kappa shape index (κ1) is 12.4. The molecule has 94 valence electrons. The van der Waals surface area contributed by atoms with Crippen molar-refractivity contribution in [2.45, 2.75) is 20.3 Å². The molecular weight excluding hydrogens is 230 g/mol. The van der Waals surface area contributed by atoms with Gasteiger partial charge in [0.05, 0.1) is 17.9 Å². The van der Waals surface area contributed by atoms with Gasteiger partial charge in [-0.15, -0.1) is 0 Å². The van der Waals surface area contributed by atoms with Crippen molar-refractivity contribution in [1.29, 1.82) is 0 Å². The van der Waals surface area contributed by atoms with E-state index in [4.69, 9.17) is 4.74 Å². The van der Waals surface area contributed by atoms with E-state index in [9.17, 15) is 4.79 Å². The smallest absolute Gasteiger partial charge is 0.367 e. The molecule has 4 nitrogen and oxygen atoms in total. The largest absolute Gasteiger partial charge is 0.493 e. The number of benzene rings is 1. The fourth-order valence-corrected chi connectivity index (χ4v) is 1.62. The van der Waals surface area contributed by atoms with Crippen LogP contribution in [0, 0.1) is 0 Å². The molecule has 0 unspecified atom stereocenters. The highest BCUT2D eigenvalue weighted by molar-refractivity contribution is 6.24. The van der Waals surface area contributed by atoms with Crippen molar-refractivity contribution in [3.63, 3.8) is 0 Å². The molecule has 0 fully saturated rings. The highest BCUT2D eigenvalue weighted by atomic mass is 16.7. The van der Waals surface area contributed by atoms with Gasteiger partial charge in [-0.25, -0.2) is 4.79 Å². The molecule has 1 aromatic carbocycles. The van der Waals surface area contributed by atoms with Crippen molar-refractivity contribution in [3.05, 3.63) is 35.4 Å². The fraction of sp³-hybridized carbons (Fsp3) is 0.286. The molecule has 1 aliphatic rings. The van der Waals surface area contributed by atoms with Gasteiger partial charge in [0, 0.05) is 5.56 Å². The molecule has 0 aromatic heterocycles. The monoisotopic (exact) mass is 245 g/mol. The van der Waals surface area contributed by atoms with Crippen LogP contribution in [-0.4, -0.2) is 18.3 Å². The molecule has 0 radical (unpaired) electrons. The Balaban J connectivity index is 2.31. The Bertz CT molecular complexity index is 518. The molecule has 0 spiro atoms. The zero-order valence-corrected chi connectivity index (χ0v) is 10.5. The molecule has 0 atom stereocenters. The maximum absolute atomic E-state index is 11.5. The highest BCUT2D eigenvalue weighted by Gasteiger charge is 2.22. The van der Waals surface area contributed by atoms with Crippen molar-refractivity contribution in [2.24, 2.45) is 5.16 Å². The summed E-state index contributed by atoms with van der Waals surface area (Å²) in [7, 11) is 0. The lowest BCUT2D eigenvalue weighted by Crippen LogP contribution is -2.03. The van der Waals surface area contributed by atoms with Crippen LogP contribution in [0.1, 0.15) is 25.8 Å². The molecule has 0 saturated heterocycles. The average molecular weight is 245 g/mol. The van der Waals surface area contributed by atoms with E-state index in [1.165, 1.54) is 0 Å². The number of rotatable bonds is 4. The molecule has 0 N–H and O–H groups in total. The molecule has 18 heavy (non-hydrogen) atoms. The summed E-state index contributed by atoms with van der Waals surface area (Å²) in [4.78, 5) is 16.1. The van der Waals surface area contributed by atoms with E-state index < -0.39 is 5.97 Å². The summed E-state index contributed by atoms with van der Waals surface area (Å²) in [6.45, 7) is 4.44. The van der Waals surface area contributed by atoms with Crippen molar-refractivity contribution >= 4 is 17.8 Å². The Morgan fingerprint density at radius 3 is 2.83 bits per heavy atom. The van der Waals surface area contributed by atoms with Crippen molar-refractivity contribution in [3.8, 4) is 5.75 Å². The third-order valence-electron chi connectivity index (χ3n) is 2.56. The molecular formula is C14H15NO3. The zero-order chi connectivity index (χ0) is 13.0. The van der Waals surface area contributed by atoms with E-state index in [1.54, 1.807) is 13.0 Å². The number of ether oxygens (including phenoxy) is 1. The van der Waals surface area contributed by atoms with Crippen LogP contribution in [0.4, 0.5) is 0 Å². The van der Waals surface area contributed by atoms with Crippen LogP contribution in [0.5, 0.6) is 5.75 Å². The number of hydrogen-bond acceptors (Lipinski definition) is 4. The third kappa shape index (κ3) is 2.59. The van der Waals surface area contributed by atoms with E-state index in [2.05, 4.69) is 9.99 Å². The summed E-state index contributed by atoms with van der Waals surface area (Å²) < 4.78 is 5.63. The number of carbonyl (C=O) groups excluding carboxylic acids is 1. The minimum atomic E-state index is -0.419. The van der Waals surface area contributed by atoms with E-state index in [0.29, 0.717) is 17.9 Å². The SMILES string of the molecule is CCCOc1ccccc1C=C1C(=O)ON=C1C. The second-order valence-electron chi connectivity index (χ2n) is 4.00. The van der Waals surface area contributed by atoms with Crippen molar-refractivity contribution in [2.75, 3.05) is 6.61 Å². The Hall–Kier alpha value is -2.10. The van der Waals surface area contributed by atoms with E-state index in [0.717, 1.165) is 17.7 Å². The third-order valence-corrected chi connectivity index (χ3v) is 2.56. The molecule has 4 heteroatoms. The van der Waals surface area contributed by atoms with Crippen LogP contribution >= 0.6 is 0 Å². The molecule has 1 aromatic rings. The van der Waals surface area contributed by atoms with Crippen LogP contribution < -0.4 is 4.74 Å². The van der Waals surface area contributed by atoms with Crippen molar-refractivity contribution in [1.82, 2.24) is 0 Å². The van der Waals surface area contributed by atoms with Gasteiger partial charge in [-0.05, 0) is 25.5 Å². The maximum Gasteiger partial charge on any atom is 0.367 e. The first-order valence-electron chi connectivity index (χ1n) is 5.92. The maximum atomic E-state index is 11.5. The lowest BCUT2D eigenvalue weighted by Gasteiger charge is -2.08. The normalized spacial score (nSPS) is 16.7. The summed E-state index contributed by atoms with van der Waals surface area (Å²) in [6, 6.07) is 7.59. The van der Waals surface area contributed by atoms with Gasteiger partial charge in [-0.2, -0.15) is 0 Å². The Morgan fingerprint density at radius 2 is 2.17 bits per heavy atom. The van der Waals surface area contributed by atoms with Gasteiger partial charge < -0.3 is 9.57 Å². The first-order valence-corrected chi connectivity index (χ1v) is 5.92. The van der Waals surface area contributed by atoms with Crippen LogP contribution in [0.15, 0.2) is 35.0 Å².